The van der Waals surface area contributed by atoms with Crippen LogP contribution in [0.3, 0.4) is 0 Å². The van der Waals surface area contributed by atoms with Crippen LogP contribution in [0.5, 0.6) is 5.75 Å². The van der Waals surface area contributed by atoms with E-state index in [2.05, 4.69) is 11.9 Å². The number of benzene rings is 1. The van der Waals surface area contributed by atoms with Crippen LogP contribution in [-0.2, 0) is 0 Å². The van der Waals surface area contributed by atoms with Crippen LogP contribution in [-0.4, -0.2) is 11.6 Å². The SMILES string of the molecule is CCCOc1ccccc1-c1cc(Cl)ccn1. The Bertz CT molecular complexity index is 499. The third-order valence-corrected chi connectivity index (χ3v) is 2.58. The number of ether oxygens (including phenoxy) is 1. The van der Waals surface area contributed by atoms with Crippen LogP contribution >= 0.6 is 11.6 Å². The molecule has 0 aliphatic heterocycles. The summed E-state index contributed by atoms with van der Waals surface area (Å²) in [5.74, 6) is 0.851. The van der Waals surface area contributed by atoms with Crippen LogP contribution in [0, 0.1) is 0 Å². The predicted octanol–water partition coefficient (Wildman–Crippen LogP) is 4.19. The molecule has 1 heterocycles. The number of nitrogens with zero attached hydrogens (tertiary/aromatic N) is 1. The van der Waals surface area contributed by atoms with Crippen LogP contribution in [0.15, 0.2) is 42.6 Å². The number of aromatic nitrogens is 1. The molecular formula is C14H14ClNO. The van der Waals surface area contributed by atoms with Crippen LogP contribution in [0.25, 0.3) is 11.3 Å². The summed E-state index contributed by atoms with van der Waals surface area (Å²) >= 11 is 5.97. The number of pyridine rings is 1. The summed E-state index contributed by atoms with van der Waals surface area (Å²) in [6.07, 6.45) is 2.69. The highest BCUT2D eigenvalue weighted by Gasteiger charge is 2.06. The zero-order valence-electron chi connectivity index (χ0n) is 9.69. The van der Waals surface area contributed by atoms with Gasteiger partial charge >= 0.3 is 0 Å². The quantitative estimate of drug-likeness (QED) is 0.808. The molecule has 1 aromatic heterocycles. The molecule has 0 atom stereocenters. The van der Waals surface area contributed by atoms with Gasteiger partial charge < -0.3 is 4.74 Å². The van der Waals surface area contributed by atoms with Gasteiger partial charge in [0.05, 0.1) is 12.3 Å². The minimum atomic E-state index is 0.681. The van der Waals surface area contributed by atoms with Crippen molar-refractivity contribution in [3.63, 3.8) is 0 Å². The lowest BCUT2D eigenvalue weighted by Crippen LogP contribution is -1.97. The Kier molecular flexibility index (Phi) is 3.99. The third kappa shape index (κ3) is 2.98. The van der Waals surface area contributed by atoms with E-state index in [0.717, 1.165) is 23.4 Å². The minimum absolute atomic E-state index is 0.681. The van der Waals surface area contributed by atoms with E-state index in [1.54, 1.807) is 12.3 Å². The van der Waals surface area contributed by atoms with E-state index < -0.39 is 0 Å². The molecule has 0 saturated heterocycles. The second-order valence-electron chi connectivity index (χ2n) is 3.70. The van der Waals surface area contributed by atoms with E-state index in [4.69, 9.17) is 16.3 Å². The normalized spacial score (nSPS) is 10.2. The molecule has 0 N–H and O–H groups in total. The summed E-state index contributed by atoms with van der Waals surface area (Å²) in [7, 11) is 0. The second-order valence-corrected chi connectivity index (χ2v) is 4.14. The topological polar surface area (TPSA) is 22.1 Å². The Morgan fingerprint density at radius 3 is 2.82 bits per heavy atom. The summed E-state index contributed by atoms with van der Waals surface area (Å²) in [6.45, 7) is 2.79. The Balaban J connectivity index is 2.37. The first-order valence-corrected chi connectivity index (χ1v) is 6.03. The Labute approximate surface area is 106 Å². The Morgan fingerprint density at radius 2 is 2.06 bits per heavy atom. The summed E-state index contributed by atoms with van der Waals surface area (Å²) in [5, 5.41) is 0.681. The maximum Gasteiger partial charge on any atom is 0.128 e. The molecule has 0 unspecified atom stereocenters. The molecule has 1 aromatic carbocycles. The monoisotopic (exact) mass is 247 g/mol. The lowest BCUT2D eigenvalue weighted by atomic mass is 10.1. The minimum Gasteiger partial charge on any atom is -0.493 e. The average molecular weight is 248 g/mol. The number of para-hydroxylation sites is 1. The molecule has 2 nitrogen and oxygen atoms in total. The molecule has 2 aromatic rings. The van der Waals surface area contributed by atoms with Gasteiger partial charge in [0.1, 0.15) is 5.75 Å². The van der Waals surface area contributed by atoms with E-state index in [1.807, 2.05) is 30.3 Å². The molecule has 0 radical (unpaired) electrons. The van der Waals surface area contributed by atoms with Crippen molar-refractivity contribution < 1.29 is 4.74 Å². The van der Waals surface area contributed by atoms with Gasteiger partial charge in [-0.25, -0.2) is 0 Å². The van der Waals surface area contributed by atoms with Crippen LogP contribution in [0.4, 0.5) is 0 Å². The maximum absolute atomic E-state index is 5.97. The molecule has 2 rings (SSSR count). The van der Waals surface area contributed by atoms with Gasteiger partial charge in [-0.3, -0.25) is 4.98 Å². The third-order valence-electron chi connectivity index (χ3n) is 2.35. The predicted molar refractivity (Wildman–Crippen MR) is 70.5 cm³/mol. The van der Waals surface area contributed by atoms with Gasteiger partial charge in [0, 0.05) is 16.8 Å². The highest BCUT2D eigenvalue weighted by Crippen LogP contribution is 2.29. The van der Waals surface area contributed by atoms with Gasteiger partial charge in [0.15, 0.2) is 0 Å². The summed E-state index contributed by atoms with van der Waals surface area (Å²) in [4.78, 5) is 4.31. The molecule has 3 heteroatoms. The molecule has 0 aliphatic rings. The van der Waals surface area contributed by atoms with Gasteiger partial charge in [0.2, 0.25) is 0 Å². The lowest BCUT2D eigenvalue weighted by Gasteiger charge is -2.10. The highest BCUT2D eigenvalue weighted by atomic mass is 35.5. The van der Waals surface area contributed by atoms with Crippen LogP contribution in [0.1, 0.15) is 13.3 Å². The summed E-state index contributed by atoms with van der Waals surface area (Å²) < 4.78 is 5.70. The molecule has 0 bridgehead atoms. The molecular weight excluding hydrogens is 234 g/mol. The first-order chi connectivity index (χ1) is 8.31. The summed E-state index contributed by atoms with van der Waals surface area (Å²) in [5.41, 5.74) is 1.81. The van der Waals surface area contributed by atoms with Crippen molar-refractivity contribution in [3.05, 3.63) is 47.6 Å². The van der Waals surface area contributed by atoms with E-state index >= 15 is 0 Å². The van der Waals surface area contributed by atoms with Gasteiger partial charge in [0.25, 0.3) is 0 Å². The molecule has 17 heavy (non-hydrogen) atoms. The van der Waals surface area contributed by atoms with Gasteiger partial charge in [-0.05, 0) is 30.7 Å². The number of rotatable bonds is 4. The van der Waals surface area contributed by atoms with Gasteiger partial charge in [-0.2, -0.15) is 0 Å². The van der Waals surface area contributed by atoms with E-state index in [9.17, 15) is 0 Å². The molecule has 88 valence electrons. The first-order valence-electron chi connectivity index (χ1n) is 5.65. The number of hydrogen-bond donors (Lipinski definition) is 0. The highest BCUT2D eigenvalue weighted by molar-refractivity contribution is 6.30. The van der Waals surface area contributed by atoms with Crippen molar-refractivity contribution in [1.29, 1.82) is 0 Å². The average Bonchev–Trinajstić information content (AvgIpc) is 2.37. The Hall–Kier alpha value is -1.54. The summed E-state index contributed by atoms with van der Waals surface area (Å²) in [6, 6.07) is 11.5. The van der Waals surface area contributed by atoms with Crippen molar-refractivity contribution >= 4 is 11.6 Å². The molecule has 0 spiro atoms. The van der Waals surface area contributed by atoms with Crippen molar-refractivity contribution in [2.75, 3.05) is 6.61 Å². The van der Waals surface area contributed by atoms with Gasteiger partial charge in [-0.1, -0.05) is 30.7 Å². The van der Waals surface area contributed by atoms with Crippen molar-refractivity contribution in [1.82, 2.24) is 4.98 Å². The first kappa shape index (κ1) is 11.9. The van der Waals surface area contributed by atoms with Gasteiger partial charge in [-0.15, -0.1) is 0 Å². The largest absolute Gasteiger partial charge is 0.493 e. The molecule has 0 amide bonds. The lowest BCUT2D eigenvalue weighted by molar-refractivity contribution is 0.318. The zero-order chi connectivity index (χ0) is 12.1. The van der Waals surface area contributed by atoms with Crippen molar-refractivity contribution in [2.45, 2.75) is 13.3 Å². The van der Waals surface area contributed by atoms with E-state index in [-0.39, 0.29) is 0 Å². The van der Waals surface area contributed by atoms with Crippen molar-refractivity contribution in [3.8, 4) is 17.0 Å². The fraction of sp³-hybridized carbons (Fsp3) is 0.214. The van der Waals surface area contributed by atoms with Crippen LogP contribution in [0.2, 0.25) is 5.02 Å². The molecule has 0 saturated carbocycles. The maximum atomic E-state index is 5.97. The Morgan fingerprint density at radius 1 is 1.24 bits per heavy atom. The molecule has 0 aliphatic carbocycles. The van der Waals surface area contributed by atoms with E-state index in [1.165, 1.54) is 0 Å². The standard InChI is InChI=1S/C14H14ClNO/c1-2-9-17-14-6-4-3-5-12(14)13-10-11(15)7-8-16-13/h3-8,10H,2,9H2,1H3. The molecule has 0 fully saturated rings. The van der Waals surface area contributed by atoms with E-state index in [0.29, 0.717) is 11.6 Å². The van der Waals surface area contributed by atoms with Crippen molar-refractivity contribution in [2.24, 2.45) is 0 Å². The fourth-order valence-corrected chi connectivity index (χ4v) is 1.73. The zero-order valence-corrected chi connectivity index (χ0v) is 10.4. The fourth-order valence-electron chi connectivity index (χ4n) is 1.57. The second kappa shape index (κ2) is 5.69. The number of hydrogen-bond acceptors (Lipinski definition) is 2. The number of halogens is 1. The van der Waals surface area contributed by atoms with Crippen LogP contribution < -0.4 is 4.74 Å². The smallest absolute Gasteiger partial charge is 0.128 e.